The summed E-state index contributed by atoms with van der Waals surface area (Å²) in [5.74, 6) is 0.710. The van der Waals surface area contributed by atoms with Gasteiger partial charge in [-0.2, -0.15) is 0 Å². The van der Waals surface area contributed by atoms with Gasteiger partial charge in [0, 0.05) is 0 Å². The number of fused-ring (bicyclic) bond motifs is 1. The van der Waals surface area contributed by atoms with Crippen molar-refractivity contribution < 1.29 is 13.2 Å². The third-order valence-electron chi connectivity index (χ3n) is 3.69. The maximum Gasteiger partial charge on any atom is 0.206 e. The van der Waals surface area contributed by atoms with E-state index < -0.39 is 9.84 Å². The van der Waals surface area contributed by atoms with Crippen molar-refractivity contribution in [1.29, 1.82) is 0 Å². The average molecular weight is 300 g/mol. The Labute approximate surface area is 124 Å². The zero-order chi connectivity index (χ0) is 15.0. The largest absolute Gasteiger partial charge is 0.488 e. The molecule has 3 nitrogen and oxygen atoms in total. The van der Waals surface area contributed by atoms with Crippen LogP contribution in [0.4, 0.5) is 0 Å². The van der Waals surface area contributed by atoms with Crippen molar-refractivity contribution in [2.24, 2.45) is 0 Å². The molecule has 1 heterocycles. The zero-order valence-electron chi connectivity index (χ0n) is 12.0. The molecule has 4 heteroatoms. The van der Waals surface area contributed by atoms with Crippen molar-refractivity contribution in [3.05, 3.63) is 64.1 Å². The SMILES string of the molecule is Cc1ccccc1OCC1=Cc2c(C)cccc2S1(=O)=O. The number of hydrogen-bond donors (Lipinski definition) is 0. The molecule has 0 atom stereocenters. The predicted octanol–water partition coefficient (Wildman–Crippen LogP) is 3.51. The van der Waals surface area contributed by atoms with E-state index in [1.165, 1.54) is 0 Å². The fourth-order valence-electron chi connectivity index (χ4n) is 2.44. The van der Waals surface area contributed by atoms with Crippen LogP contribution in [0.1, 0.15) is 16.7 Å². The Morgan fingerprint density at radius 3 is 2.38 bits per heavy atom. The van der Waals surface area contributed by atoms with Crippen molar-refractivity contribution in [2.75, 3.05) is 6.61 Å². The second-order valence-electron chi connectivity index (χ2n) is 5.15. The molecule has 108 valence electrons. The molecule has 0 unspecified atom stereocenters. The van der Waals surface area contributed by atoms with Gasteiger partial charge in [0.1, 0.15) is 12.4 Å². The summed E-state index contributed by atoms with van der Waals surface area (Å²) >= 11 is 0. The van der Waals surface area contributed by atoms with Gasteiger partial charge in [0.15, 0.2) is 0 Å². The van der Waals surface area contributed by atoms with Gasteiger partial charge in [0.25, 0.3) is 0 Å². The van der Waals surface area contributed by atoms with Gasteiger partial charge in [-0.15, -0.1) is 0 Å². The summed E-state index contributed by atoms with van der Waals surface area (Å²) in [5, 5.41) is 0. The van der Waals surface area contributed by atoms with Gasteiger partial charge in [-0.1, -0.05) is 30.3 Å². The molecule has 0 saturated carbocycles. The normalized spacial score (nSPS) is 15.4. The molecule has 0 bridgehead atoms. The molecular formula is C17H16O3S. The molecule has 1 aliphatic rings. The van der Waals surface area contributed by atoms with Crippen LogP contribution in [0.5, 0.6) is 5.75 Å². The highest BCUT2D eigenvalue weighted by atomic mass is 32.2. The van der Waals surface area contributed by atoms with Crippen LogP contribution in [-0.2, 0) is 9.84 Å². The van der Waals surface area contributed by atoms with E-state index in [0.717, 1.165) is 16.7 Å². The lowest BCUT2D eigenvalue weighted by atomic mass is 10.1. The van der Waals surface area contributed by atoms with Crippen LogP contribution in [0.25, 0.3) is 6.08 Å². The number of aryl methyl sites for hydroxylation is 2. The van der Waals surface area contributed by atoms with Gasteiger partial charge < -0.3 is 4.74 Å². The Hall–Kier alpha value is -2.07. The first-order valence-electron chi connectivity index (χ1n) is 6.74. The van der Waals surface area contributed by atoms with E-state index in [1.807, 2.05) is 44.2 Å². The highest BCUT2D eigenvalue weighted by molar-refractivity contribution is 7.95. The number of hydrogen-bond acceptors (Lipinski definition) is 3. The molecule has 0 amide bonds. The summed E-state index contributed by atoms with van der Waals surface area (Å²) in [5.41, 5.74) is 2.73. The van der Waals surface area contributed by atoms with Crippen LogP contribution in [0.15, 0.2) is 52.3 Å². The first-order valence-corrected chi connectivity index (χ1v) is 8.22. The lowest BCUT2D eigenvalue weighted by molar-refractivity contribution is 0.356. The van der Waals surface area contributed by atoms with Crippen LogP contribution < -0.4 is 4.74 Å². The first-order chi connectivity index (χ1) is 10.00. The van der Waals surface area contributed by atoms with Gasteiger partial charge in [0.05, 0.1) is 9.80 Å². The van der Waals surface area contributed by atoms with Gasteiger partial charge in [0.2, 0.25) is 9.84 Å². The molecule has 3 rings (SSSR count). The Balaban J connectivity index is 1.90. The fraction of sp³-hybridized carbons (Fsp3) is 0.176. The van der Waals surface area contributed by atoms with Gasteiger partial charge >= 0.3 is 0 Å². The Morgan fingerprint density at radius 1 is 0.952 bits per heavy atom. The standard InChI is InChI=1S/C17H16O3S/c1-12-7-5-9-17-15(12)10-14(21(17,18)19)11-20-16-8-4-3-6-13(16)2/h3-10H,11H2,1-2H3. The Morgan fingerprint density at radius 2 is 1.67 bits per heavy atom. The van der Waals surface area contributed by atoms with Gasteiger partial charge in [-0.05, 0) is 48.7 Å². The number of ether oxygens (including phenoxy) is 1. The van der Waals surface area contributed by atoms with Crippen LogP contribution in [-0.4, -0.2) is 15.0 Å². The highest BCUT2D eigenvalue weighted by Gasteiger charge is 2.30. The van der Waals surface area contributed by atoms with E-state index in [-0.39, 0.29) is 6.61 Å². The minimum Gasteiger partial charge on any atom is -0.488 e. The monoisotopic (exact) mass is 300 g/mol. The molecule has 0 N–H and O–H groups in total. The molecule has 0 aliphatic carbocycles. The number of benzene rings is 2. The smallest absolute Gasteiger partial charge is 0.206 e. The van der Waals surface area contributed by atoms with Crippen molar-refractivity contribution in [2.45, 2.75) is 18.7 Å². The average Bonchev–Trinajstić information content (AvgIpc) is 2.71. The minimum absolute atomic E-state index is 0.0569. The van der Waals surface area contributed by atoms with Crippen LogP contribution in [0.3, 0.4) is 0 Å². The molecule has 2 aromatic rings. The van der Waals surface area contributed by atoms with Gasteiger partial charge in [-0.25, -0.2) is 8.42 Å². The molecule has 0 saturated heterocycles. The minimum atomic E-state index is -3.42. The molecule has 0 spiro atoms. The summed E-state index contributed by atoms with van der Waals surface area (Å²) in [6.45, 7) is 3.91. The van der Waals surface area contributed by atoms with E-state index in [0.29, 0.717) is 15.6 Å². The molecule has 2 aromatic carbocycles. The molecule has 0 aromatic heterocycles. The summed E-state index contributed by atoms with van der Waals surface area (Å²) in [6, 6.07) is 12.9. The summed E-state index contributed by atoms with van der Waals surface area (Å²) in [6.07, 6.45) is 1.72. The molecule has 1 aliphatic heterocycles. The predicted molar refractivity (Wildman–Crippen MR) is 83.0 cm³/mol. The molecule has 21 heavy (non-hydrogen) atoms. The summed E-state index contributed by atoms with van der Waals surface area (Å²) in [7, 11) is -3.42. The molecular weight excluding hydrogens is 284 g/mol. The van der Waals surface area contributed by atoms with Crippen LogP contribution in [0.2, 0.25) is 0 Å². The zero-order valence-corrected chi connectivity index (χ0v) is 12.8. The second-order valence-corrected chi connectivity index (χ2v) is 7.13. The van der Waals surface area contributed by atoms with Crippen LogP contribution >= 0.6 is 0 Å². The van der Waals surface area contributed by atoms with E-state index in [2.05, 4.69) is 0 Å². The third-order valence-corrected chi connectivity index (χ3v) is 5.55. The number of rotatable bonds is 3. The summed E-state index contributed by atoms with van der Waals surface area (Å²) in [4.78, 5) is 0.695. The highest BCUT2D eigenvalue weighted by Crippen LogP contribution is 2.35. The van der Waals surface area contributed by atoms with Crippen molar-refractivity contribution in [3.63, 3.8) is 0 Å². The second kappa shape index (κ2) is 5.04. The fourth-order valence-corrected chi connectivity index (χ4v) is 3.98. The summed E-state index contributed by atoms with van der Waals surface area (Å²) < 4.78 is 30.7. The lowest BCUT2D eigenvalue weighted by Crippen LogP contribution is -2.09. The van der Waals surface area contributed by atoms with E-state index in [9.17, 15) is 8.42 Å². The van der Waals surface area contributed by atoms with E-state index >= 15 is 0 Å². The maximum absolute atomic E-state index is 12.5. The van der Waals surface area contributed by atoms with E-state index in [4.69, 9.17) is 4.74 Å². The quantitative estimate of drug-likeness (QED) is 0.871. The van der Waals surface area contributed by atoms with Gasteiger partial charge in [-0.3, -0.25) is 0 Å². The number of sulfone groups is 1. The topological polar surface area (TPSA) is 43.4 Å². The maximum atomic E-state index is 12.5. The van der Waals surface area contributed by atoms with E-state index in [1.54, 1.807) is 18.2 Å². The number of para-hydroxylation sites is 1. The third kappa shape index (κ3) is 2.36. The molecule has 0 fully saturated rings. The van der Waals surface area contributed by atoms with Crippen LogP contribution in [0, 0.1) is 13.8 Å². The Kier molecular flexibility index (Phi) is 3.33. The van der Waals surface area contributed by atoms with Crippen molar-refractivity contribution >= 4 is 15.9 Å². The van der Waals surface area contributed by atoms with Crippen molar-refractivity contribution in [1.82, 2.24) is 0 Å². The van der Waals surface area contributed by atoms with Crippen molar-refractivity contribution in [3.8, 4) is 5.75 Å². The lowest BCUT2D eigenvalue weighted by Gasteiger charge is -2.09. The molecule has 0 radical (unpaired) electrons. The Bertz CT molecular complexity index is 833. The first kappa shape index (κ1) is 13.9.